The van der Waals surface area contributed by atoms with Crippen molar-refractivity contribution in [2.75, 3.05) is 13.1 Å². The molecule has 112 valence electrons. The molecule has 0 bridgehead atoms. The zero-order chi connectivity index (χ0) is 13.7. The molecule has 2 unspecified atom stereocenters. The van der Waals surface area contributed by atoms with E-state index in [0.29, 0.717) is 16.7 Å². The topological polar surface area (TPSA) is 58.2 Å². The summed E-state index contributed by atoms with van der Waals surface area (Å²) >= 11 is 0. The van der Waals surface area contributed by atoms with Gasteiger partial charge in [0.2, 0.25) is 10.0 Å². The van der Waals surface area contributed by atoms with Gasteiger partial charge in [-0.25, -0.2) is 13.1 Å². The number of benzene rings is 2. The summed E-state index contributed by atoms with van der Waals surface area (Å²) in [6.07, 6.45) is 0. The lowest BCUT2D eigenvalue weighted by molar-refractivity contribution is 0.566. The summed E-state index contributed by atoms with van der Waals surface area (Å²) in [5.74, 6) is 0.944. The first-order valence-electron chi connectivity index (χ1n) is 6.88. The van der Waals surface area contributed by atoms with Crippen LogP contribution in [0.4, 0.5) is 0 Å². The molecular weight excluding hydrogens is 308 g/mol. The second-order valence-corrected chi connectivity index (χ2v) is 7.29. The van der Waals surface area contributed by atoms with Crippen molar-refractivity contribution in [1.82, 2.24) is 10.0 Å². The highest BCUT2D eigenvalue weighted by Gasteiger charge is 2.54. The average Bonchev–Trinajstić information content (AvgIpc) is 2.89. The highest BCUT2D eigenvalue weighted by molar-refractivity contribution is 7.89. The number of nitrogens with one attached hydrogen (secondary N) is 2. The SMILES string of the molecule is Cl.O=S(=O)(NC1C2CNCC21)c1cccc2ccccc12. The lowest BCUT2D eigenvalue weighted by Crippen LogP contribution is -2.32. The first kappa shape index (κ1) is 14.8. The Morgan fingerprint density at radius 2 is 1.67 bits per heavy atom. The van der Waals surface area contributed by atoms with E-state index in [0.717, 1.165) is 23.9 Å². The summed E-state index contributed by atoms with van der Waals surface area (Å²) in [6, 6.07) is 13.1. The second kappa shape index (κ2) is 5.25. The smallest absolute Gasteiger partial charge is 0.241 e. The maximum absolute atomic E-state index is 12.6. The maximum atomic E-state index is 12.6. The standard InChI is InChI=1S/C15H16N2O2S.ClH/c18-20(19,17-15-12-8-16-9-13(12)15)14-7-3-5-10-4-1-2-6-11(10)14;/h1-7,12-13,15-17H,8-9H2;1H. The number of sulfonamides is 1. The second-order valence-electron chi connectivity index (χ2n) is 5.61. The van der Waals surface area contributed by atoms with Crippen LogP contribution < -0.4 is 10.0 Å². The largest absolute Gasteiger partial charge is 0.316 e. The average molecular weight is 325 g/mol. The molecule has 1 heterocycles. The van der Waals surface area contributed by atoms with E-state index >= 15 is 0 Å². The van der Waals surface area contributed by atoms with Gasteiger partial charge in [-0.05, 0) is 36.4 Å². The van der Waals surface area contributed by atoms with Crippen molar-refractivity contribution in [2.24, 2.45) is 11.8 Å². The molecule has 2 aromatic carbocycles. The van der Waals surface area contributed by atoms with Crippen molar-refractivity contribution in [1.29, 1.82) is 0 Å². The monoisotopic (exact) mass is 324 g/mol. The van der Waals surface area contributed by atoms with Gasteiger partial charge in [-0.15, -0.1) is 12.4 Å². The molecule has 2 aliphatic rings. The summed E-state index contributed by atoms with van der Waals surface area (Å²) in [6.45, 7) is 1.85. The van der Waals surface area contributed by atoms with Crippen molar-refractivity contribution in [3.8, 4) is 0 Å². The van der Waals surface area contributed by atoms with Gasteiger partial charge in [0.05, 0.1) is 4.90 Å². The molecule has 1 saturated carbocycles. The fourth-order valence-corrected chi connectivity index (χ4v) is 4.83. The van der Waals surface area contributed by atoms with E-state index in [2.05, 4.69) is 10.0 Å². The predicted molar refractivity (Wildman–Crippen MR) is 85.2 cm³/mol. The third kappa shape index (κ3) is 2.44. The molecule has 0 amide bonds. The number of fused-ring (bicyclic) bond motifs is 2. The third-order valence-corrected chi connectivity index (χ3v) is 5.94. The minimum Gasteiger partial charge on any atom is -0.316 e. The molecule has 21 heavy (non-hydrogen) atoms. The lowest BCUT2D eigenvalue weighted by atomic mass is 10.1. The van der Waals surface area contributed by atoms with E-state index in [1.165, 1.54) is 0 Å². The van der Waals surface area contributed by atoms with Crippen molar-refractivity contribution in [3.05, 3.63) is 42.5 Å². The normalized spacial score (nSPS) is 27.1. The summed E-state index contributed by atoms with van der Waals surface area (Å²) in [7, 11) is -3.44. The van der Waals surface area contributed by atoms with Crippen molar-refractivity contribution < 1.29 is 8.42 Å². The van der Waals surface area contributed by atoms with Crippen LogP contribution in [0.15, 0.2) is 47.4 Å². The summed E-state index contributed by atoms with van der Waals surface area (Å²) in [5, 5.41) is 5.01. The molecule has 2 N–H and O–H groups in total. The highest BCUT2D eigenvalue weighted by atomic mass is 35.5. The van der Waals surface area contributed by atoms with Gasteiger partial charge in [0.25, 0.3) is 0 Å². The Balaban J connectivity index is 0.00000132. The van der Waals surface area contributed by atoms with Gasteiger partial charge in [-0.3, -0.25) is 0 Å². The Hall–Kier alpha value is -1.14. The number of halogens is 1. The molecule has 4 rings (SSSR count). The van der Waals surface area contributed by atoms with E-state index < -0.39 is 10.0 Å². The van der Waals surface area contributed by atoms with Gasteiger partial charge >= 0.3 is 0 Å². The number of hydrogen-bond acceptors (Lipinski definition) is 3. The molecule has 2 atom stereocenters. The fourth-order valence-electron chi connectivity index (χ4n) is 3.27. The molecule has 6 heteroatoms. The Morgan fingerprint density at radius 3 is 2.43 bits per heavy atom. The molecule has 1 aliphatic carbocycles. The number of piperidine rings is 1. The van der Waals surface area contributed by atoms with Crippen molar-refractivity contribution in [3.63, 3.8) is 0 Å². The van der Waals surface area contributed by atoms with Crippen molar-refractivity contribution in [2.45, 2.75) is 10.9 Å². The number of rotatable bonds is 3. The molecule has 4 nitrogen and oxygen atoms in total. The van der Waals surface area contributed by atoms with E-state index in [-0.39, 0.29) is 18.4 Å². The Morgan fingerprint density at radius 1 is 1.00 bits per heavy atom. The van der Waals surface area contributed by atoms with Crippen LogP contribution in [0, 0.1) is 11.8 Å². The van der Waals surface area contributed by atoms with Crippen molar-refractivity contribution >= 4 is 33.2 Å². The molecule has 0 radical (unpaired) electrons. The minimum atomic E-state index is -3.44. The van der Waals surface area contributed by atoms with Crippen LogP contribution in [-0.2, 0) is 10.0 Å². The highest BCUT2D eigenvalue weighted by Crippen LogP contribution is 2.42. The van der Waals surface area contributed by atoms with Crippen LogP contribution in [0.3, 0.4) is 0 Å². The lowest BCUT2D eigenvalue weighted by Gasteiger charge is -2.11. The van der Waals surface area contributed by atoms with E-state index in [4.69, 9.17) is 0 Å². The van der Waals surface area contributed by atoms with Crippen LogP contribution in [-0.4, -0.2) is 27.5 Å². The third-order valence-electron chi connectivity index (χ3n) is 4.42. The Bertz CT molecular complexity index is 763. The minimum absolute atomic E-state index is 0. The van der Waals surface area contributed by atoms with Gasteiger partial charge in [-0.1, -0.05) is 36.4 Å². The Kier molecular flexibility index (Phi) is 3.69. The van der Waals surface area contributed by atoms with Crippen LogP contribution in [0.5, 0.6) is 0 Å². The molecular formula is C15H17ClN2O2S. The first-order chi connectivity index (χ1) is 9.67. The number of hydrogen-bond donors (Lipinski definition) is 2. The first-order valence-corrected chi connectivity index (χ1v) is 8.36. The molecule has 1 saturated heterocycles. The van der Waals surface area contributed by atoms with Crippen LogP contribution in [0.25, 0.3) is 10.8 Å². The molecule has 0 spiro atoms. The zero-order valence-electron chi connectivity index (χ0n) is 11.3. The van der Waals surface area contributed by atoms with Gasteiger partial charge in [0, 0.05) is 11.4 Å². The zero-order valence-corrected chi connectivity index (χ0v) is 13.0. The van der Waals surface area contributed by atoms with Crippen LogP contribution in [0.1, 0.15) is 0 Å². The molecule has 2 fully saturated rings. The quantitative estimate of drug-likeness (QED) is 0.904. The Labute approximate surface area is 130 Å². The fraction of sp³-hybridized carbons (Fsp3) is 0.333. The molecule has 0 aromatic heterocycles. The molecule has 1 aliphatic heterocycles. The van der Waals surface area contributed by atoms with Gasteiger partial charge < -0.3 is 5.32 Å². The van der Waals surface area contributed by atoms with Gasteiger partial charge in [0.1, 0.15) is 0 Å². The van der Waals surface area contributed by atoms with E-state index in [1.807, 2.05) is 30.3 Å². The van der Waals surface area contributed by atoms with Crippen LogP contribution in [0.2, 0.25) is 0 Å². The summed E-state index contributed by atoms with van der Waals surface area (Å²) in [5.41, 5.74) is 0. The summed E-state index contributed by atoms with van der Waals surface area (Å²) < 4.78 is 28.1. The van der Waals surface area contributed by atoms with E-state index in [9.17, 15) is 8.42 Å². The van der Waals surface area contributed by atoms with E-state index in [1.54, 1.807) is 12.1 Å². The van der Waals surface area contributed by atoms with Gasteiger partial charge in [0.15, 0.2) is 0 Å². The summed E-state index contributed by atoms with van der Waals surface area (Å²) in [4.78, 5) is 0.383. The maximum Gasteiger partial charge on any atom is 0.241 e. The van der Waals surface area contributed by atoms with Crippen LogP contribution >= 0.6 is 12.4 Å². The van der Waals surface area contributed by atoms with Gasteiger partial charge in [-0.2, -0.15) is 0 Å². The molecule has 2 aromatic rings. The predicted octanol–water partition coefficient (Wildman–Crippen LogP) is 1.76.